The lowest BCUT2D eigenvalue weighted by Gasteiger charge is -2.12. The summed E-state index contributed by atoms with van der Waals surface area (Å²) in [6.45, 7) is 2.25. The van der Waals surface area contributed by atoms with Gasteiger partial charge in [-0.25, -0.2) is 8.42 Å². The van der Waals surface area contributed by atoms with Crippen molar-refractivity contribution in [2.24, 2.45) is 0 Å². The van der Waals surface area contributed by atoms with Gasteiger partial charge < -0.3 is 9.15 Å². The summed E-state index contributed by atoms with van der Waals surface area (Å²) in [7, 11) is -3.31. The number of nitrogens with one attached hydrogen (secondary N) is 1. The smallest absolute Gasteiger partial charge is 0.322 e. The summed E-state index contributed by atoms with van der Waals surface area (Å²) in [6.07, 6.45) is 1.13. The van der Waals surface area contributed by atoms with Crippen LogP contribution in [-0.4, -0.2) is 37.4 Å². The fourth-order valence-corrected chi connectivity index (χ4v) is 3.79. The summed E-state index contributed by atoms with van der Waals surface area (Å²) >= 11 is 0. The van der Waals surface area contributed by atoms with E-state index in [-0.39, 0.29) is 16.8 Å². The van der Waals surface area contributed by atoms with Gasteiger partial charge in [0.15, 0.2) is 9.84 Å². The second-order valence-electron chi connectivity index (χ2n) is 6.76. The minimum atomic E-state index is -3.31. The highest BCUT2D eigenvalue weighted by molar-refractivity contribution is 7.90. The van der Waals surface area contributed by atoms with Crippen molar-refractivity contribution in [3.63, 3.8) is 0 Å². The van der Waals surface area contributed by atoms with Crippen molar-refractivity contribution in [2.45, 2.75) is 11.8 Å². The van der Waals surface area contributed by atoms with Crippen LogP contribution >= 0.6 is 0 Å². The number of carbonyl (C=O) groups excluding carboxylic acids is 1. The lowest BCUT2D eigenvalue weighted by atomic mass is 10.0. The number of hydrogen-bond acceptors (Lipinski definition) is 7. The first kappa shape index (κ1) is 20.5. The van der Waals surface area contributed by atoms with Gasteiger partial charge in [0.05, 0.1) is 17.1 Å². The fourth-order valence-electron chi connectivity index (χ4n) is 3.16. The summed E-state index contributed by atoms with van der Waals surface area (Å²) in [5, 5.41) is 12.1. The number of rotatable bonds is 6. The predicted octanol–water partition coefficient (Wildman–Crippen LogP) is 3.94. The topological polar surface area (TPSA) is 111 Å². The molecule has 3 aromatic carbocycles. The molecule has 158 valence electrons. The molecule has 0 saturated carbocycles. The third-order valence-corrected chi connectivity index (χ3v) is 5.72. The van der Waals surface area contributed by atoms with E-state index >= 15 is 0 Å². The zero-order valence-electron chi connectivity index (χ0n) is 16.8. The molecule has 0 unspecified atom stereocenters. The standard InChI is InChI=1S/C22H19N3O5S/c1-3-29-18-13-10-14-6-4-5-7-17(14)19(18)20(26)23-22-25-24-21(30-22)15-8-11-16(12-9-15)31(2,27)28/h4-13H,3H2,1-2H3,(H,23,25,26). The minimum absolute atomic E-state index is 0.0810. The second-order valence-corrected chi connectivity index (χ2v) is 8.77. The summed E-state index contributed by atoms with van der Waals surface area (Å²) in [4.78, 5) is 13.2. The van der Waals surface area contributed by atoms with Gasteiger partial charge in [-0.1, -0.05) is 35.4 Å². The number of hydrogen-bond donors (Lipinski definition) is 1. The van der Waals surface area contributed by atoms with Crippen molar-refractivity contribution in [3.05, 3.63) is 66.2 Å². The predicted molar refractivity (Wildman–Crippen MR) is 116 cm³/mol. The van der Waals surface area contributed by atoms with E-state index < -0.39 is 15.7 Å². The Kier molecular flexibility index (Phi) is 5.43. The molecule has 0 saturated heterocycles. The van der Waals surface area contributed by atoms with E-state index in [2.05, 4.69) is 15.5 Å². The Morgan fingerprint density at radius 1 is 1.03 bits per heavy atom. The molecule has 4 aromatic rings. The zero-order valence-corrected chi connectivity index (χ0v) is 17.6. The highest BCUT2D eigenvalue weighted by atomic mass is 32.2. The number of ether oxygens (including phenoxy) is 1. The van der Waals surface area contributed by atoms with Crippen molar-refractivity contribution < 1.29 is 22.4 Å². The number of aromatic nitrogens is 2. The molecule has 4 rings (SSSR count). The summed E-state index contributed by atoms with van der Waals surface area (Å²) in [5.74, 6) is 0.163. The Balaban J connectivity index is 1.62. The van der Waals surface area contributed by atoms with Gasteiger partial charge in [0.25, 0.3) is 5.91 Å². The molecule has 0 atom stereocenters. The first-order valence-corrected chi connectivity index (χ1v) is 11.4. The maximum absolute atomic E-state index is 13.0. The van der Waals surface area contributed by atoms with Crippen LogP contribution in [0.15, 0.2) is 70.0 Å². The van der Waals surface area contributed by atoms with Gasteiger partial charge in [-0.3, -0.25) is 10.1 Å². The molecule has 0 aliphatic heterocycles. The number of sulfone groups is 1. The van der Waals surface area contributed by atoms with E-state index in [1.165, 1.54) is 12.1 Å². The molecule has 0 spiro atoms. The SMILES string of the molecule is CCOc1ccc2ccccc2c1C(=O)Nc1nnc(-c2ccc(S(C)(=O)=O)cc2)o1. The van der Waals surface area contributed by atoms with Gasteiger partial charge in [-0.15, -0.1) is 5.10 Å². The van der Waals surface area contributed by atoms with E-state index in [1.54, 1.807) is 18.2 Å². The average molecular weight is 437 g/mol. The van der Waals surface area contributed by atoms with Crippen LogP contribution in [0.3, 0.4) is 0 Å². The normalized spacial score (nSPS) is 11.4. The Morgan fingerprint density at radius 3 is 2.48 bits per heavy atom. The van der Waals surface area contributed by atoms with Gasteiger partial charge >= 0.3 is 6.01 Å². The Morgan fingerprint density at radius 2 is 1.77 bits per heavy atom. The molecule has 31 heavy (non-hydrogen) atoms. The molecule has 1 heterocycles. The van der Waals surface area contributed by atoms with Crippen molar-refractivity contribution in [1.29, 1.82) is 0 Å². The van der Waals surface area contributed by atoms with Crippen LogP contribution in [0.1, 0.15) is 17.3 Å². The van der Waals surface area contributed by atoms with Crippen LogP contribution in [0.5, 0.6) is 5.75 Å². The summed E-state index contributed by atoms with van der Waals surface area (Å²) in [6, 6.07) is 17.1. The van der Waals surface area contributed by atoms with Gasteiger partial charge in [-0.05, 0) is 48.0 Å². The van der Waals surface area contributed by atoms with E-state index in [9.17, 15) is 13.2 Å². The van der Waals surface area contributed by atoms with Crippen LogP contribution in [0.25, 0.3) is 22.2 Å². The number of anilines is 1. The van der Waals surface area contributed by atoms with E-state index in [0.29, 0.717) is 23.5 Å². The Hall–Kier alpha value is -3.72. The molecular weight excluding hydrogens is 418 g/mol. The second kappa shape index (κ2) is 8.19. The van der Waals surface area contributed by atoms with Crippen LogP contribution in [-0.2, 0) is 9.84 Å². The fraction of sp³-hybridized carbons (Fsp3) is 0.136. The van der Waals surface area contributed by atoms with Crippen molar-refractivity contribution in [2.75, 3.05) is 18.2 Å². The molecule has 0 fully saturated rings. The number of benzene rings is 3. The number of fused-ring (bicyclic) bond motifs is 1. The minimum Gasteiger partial charge on any atom is -0.493 e. The quantitative estimate of drug-likeness (QED) is 0.486. The Labute approximate surface area is 178 Å². The van der Waals surface area contributed by atoms with Gasteiger partial charge in [0.1, 0.15) is 5.75 Å². The third kappa shape index (κ3) is 4.26. The maximum atomic E-state index is 13.0. The van der Waals surface area contributed by atoms with E-state index in [0.717, 1.165) is 17.0 Å². The van der Waals surface area contributed by atoms with Crippen molar-refractivity contribution >= 4 is 32.5 Å². The van der Waals surface area contributed by atoms with E-state index in [4.69, 9.17) is 9.15 Å². The van der Waals surface area contributed by atoms with Crippen LogP contribution in [0, 0.1) is 0 Å². The van der Waals surface area contributed by atoms with Crippen LogP contribution in [0.2, 0.25) is 0 Å². The number of carbonyl (C=O) groups is 1. The van der Waals surface area contributed by atoms with Gasteiger partial charge in [0, 0.05) is 11.8 Å². The van der Waals surface area contributed by atoms with Crippen molar-refractivity contribution in [3.8, 4) is 17.2 Å². The summed E-state index contributed by atoms with van der Waals surface area (Å²) in [5.41, 5.74) is 0.901. The summed E-state index contributed by atoms with van der Waals surface area (Å²) < 4.78 is 34.4. The monoisotopic (exact) mass is 437 g/mol. The first-order valence-electron chi connectivity index (χ1n) is 9.46. The highest BCUT2D eigenvalue weighted by Gasteiger charge is 2.19. The lowest BCUT2D eigenvalue weighted by Crippen LogP contribution is -2.14. The van der Waals surface area contributed by atoms with Gasteiger partial charge in [0.2, 0.25) is 5.89 Å². The van der Waals surface area contributed by atoms with Crippen LogP contribution in [0.4, 0.5) is 6.01 Å². The molecular formula is C22H19N3O5S. The maximum Gasteiger partial charge on any atom is 0.322 e. The third-order valence-electron chi connectivity index (χ3n) is 4.59. The van der Waals surface area contributed by atoms with Crippen molar-refractivity contribution in [1.82, 2.24) is 10.2 Å². The zero-order chi connectivity index (χ0) is 22.0. The molecule has 0 bridgehead atoms. The lowest BCUT2D eigenvalue weighted by molar-refractivity contribution is 0.102. The molecule has 1 amide bonds. The molecule has 1 aromatic heterocycles. The molecule has 9 heteroatoms. The highest BCUT2D eigenvalue weighted by Crippen LogP contribution is 2.29. The Bertz CT molecular complexity index is 1360. The average Bonchev–Trinajstić information content (AvgIpc) is 3.21. The molecule has 8 nitrogen and oxygen atoms in total. The van der Waals surface area contributed by atoms with E-state index in [1.807, 2.05) is 37.3 Å². The molecule has 0 aliphatic carbocycles. The molecule has 0 aliphatic rings. The number of nitrogens with zero attached hydrogens (tertiary/aromatic N) is 2. The largest absolute Gasteiger partial charge is 0.493 e. The first-order chi connectivity index (χ1) is 14.9. The van der Waals surface area contributed by atoms with Gasteiger partial charge in [-0.2, -0.15) is 0 Å². The molecule has 1 N–H and O–H groups in total. The number of amides is 1. The molecule has 0 radical (unpaired) electrons. The van der Waals surface area contributed by atoms with Crippen LogP contribution < -0.4 is 10.1 Å².